The van der Waals surface area contributed by atoms with Crippen LogP contribution in [0.4, 0.5) is 5.69 Å². The van der Waals surface area contributed by atoms with Gasteiger partial charge in [0.25, 0.3) is 0 Å². The van der Waals surface area contributed by atoms with E-state index in [2.05, 4.69) is 10.6 Å². The lowest BCUT2D eigenvalue weighted by Gasteiger charge is -2.32. The third-order valence-corrected chi connectivity index (χ3v) is 3.95. The van der Waals surface area contributed by atoms with E-state index in [-0.39, 0.29) is 28.9 Å². The van der Waals surface area contributed by atoms with Crippen LogP contribution in [0.5, 0.6) is 0 Å². The van der Waals surface area contributed by atoms with Gasteiger partial charge in [-0.3, -0.25) is 9.59 Å². The summed E-state index contributed by atoms with van der Waals surface area (Å²) in [5.41, 5.74) is 5.57. The van der Waals surface area contributed by atoms with E-state index in [1.165, 1.54) is 6.07 Å². The highest BCUT2D eigenvalue weighted by atomic mass is 35.5. The average Bonchev–Trinajstić information content (AvgIpc) is 2.39. The Balaban J connectivity index is 0.00000220. The molecule has 1 unspecified atom stereocenters. The largest absolute Gasteiger partial charge is 0.366 e. The predicted octanol–water partition coefficient (Wildman–Crippen LogP) is 2.19. The van der Waals surface area contributed by atoms with E-state index in [9.17, 15) is 9.59 Å². The van der Waals surface area contributed by atoms with Crippen molar-refractivity contribution >= 4 is 41.5 Å². The van der Waals surface area contributed by atoms with E-state index >= 15 is 0 Å². The van der Waals surface area contributed by atoms with Crippen LogP contribution < -0.4 is 16.4 Å². The van der Waals surface area contributed by atoms with Gasteiger partial charge in [0, 0.05) is 12.2 Å². The molecule has 1 aliphatic rings. The van der Waals surface area contributed by atoms with E-state index in [1.807, 2.05) is 6.92 Å². The Hall–Kier alpha value is -1.30. The molecule has 0 aliphatic carbocycles. The monoisotopic (exact) mass is 331 g/mol. The van der Waals surface area contributed by atoms with Crippen molar-refractivity contribution in [3.05, 3.63) is 28.8 Å². The molecule has 116 valence electrons. The van der Waals surface area contributed by atoms with Crippen LogP contribution in [-0.2, 0) is 4.79 Å². The van der Waals surface area contributed by atoms with Crippen LogP contribution in [-0.4, -0.2) is 24.9 Å². The molecular weight excluding hydrogens is 313 g/mol. The molecule has 1 saturated heterocycles. The van der Waals surface area contributed by atoms with Crippen LogP contribution >= 0.6 is 24.0 Å². The number of amides is 2. The summed E-state index contributed by atoms with van der Waals surface area (Å²) in [5.74, 6) is -0.635. The quantitative estimate of drug-likeness (QED) is 0.793. The van der Waals surface area contributed by atoms with E-state index in [0.717, 1.165) is 19.4 Å². The van der Waals surface area contributed by atoms with E-state index in [4.69, 9.17) is 17.3 Å². The molecule has 1 heterocycles. The van der Waals surface area contributed by atoms with E-state index in [1.54, 1.807) is 12.1 Å². The molecule has 4 N–H and O–H groups in total. The molecule has 0 radical (unpaired) electrons. The molecule has 1 aromatic rings. The normalized spacial score (nSPS) is 21.2. The Bertz CT molecular complexity index is 543. The van der Waals surface area contributed by atoms with Gasteiger partial charge >= 0.3 is 0 Å². The van der Waals surface area contributed by atoms with Gasteiger partial charge < -0.3 is 16.4 Å². The highest BCUT2D eigenvalue weighted by molar-refractivity contribution is 6.34. The molecule has 5 nitrogen and oxygen atoms in total. The lowest BCUT2D eigenvalue weighted by molar-refractivity contribution is -0.125. The van der Waals surface area contributed by atoms with Crippen LogP contribution in [0, 0.1) is 5.41 Å². The van der Waals surface area contributed by atoms with Crippen molar-refractivity contribution in [2.45, 2.75) is 19.8 Å². The third kappa shape index (κ3) is 4.09. The topological polar surface area (TPSA) is 84.2 Å². The molecule has 2 amide bonds. The first-order chi connectivity index (χ1) is 9.42. The van der Waals surface area contributed by atoms with Gasteiger partial charge in [-0.1, -0.05) is 11.6 Å². The number of primary amides is 1. The summed E-state index contributed by atoms with van der Waals surface area (Å²) >= 11 is 5.96. The summed E-state index contributed by atoms with van der Waals surface area (Å²) < 4.78 is 0. The third-order valence-electron chi connectivity index (χ3n) is 3.64. The molecular formula is C14H19Cl2N3O2. The predicted molar refractivity (Wildman–Crippen MR) is 86.1 cm³/mol. The number of benzene rings is 1. The van der Waals surface area contributed by atoms with Gasteiger partial charge in [-0.25, -0.2) is 0 Å². The van der Waals surface area contributed by atoms with Crippen LogP contribution in [0.3, 0.4) is 0 Å². The van der Waals surface area contributed by atoms with Crippen LogP contribution in [0.1, 0.15) is 30.1 Å². The minimum atomic E-state index is -0.587. The van der Waals surface area contributed by atoms with Crippen LogP contribution in [0.25, 0.3) is 0 Å². The lowest BCUT2D eigenvalue weighted by atomic mass is 9.82. The molecule has 0 aromatic heterocycles. The van der Waals surface area contributed by atoms with Crippen LogP contribution in [0.2, 0.25) is 5.02 Å². The van der Waals surface area contributed by atoms with E-state index < -0.39 is 11.3 Å². The zero-order valence-electron chi connectivity index (χ0n) is 11.7. The zero-order chi connectivity index (χ0) is 14.8. The van der Waals surface area contributed by atoms with Gasteiger partial charge in [0.1, 0.15) is 0 Å². The number of rotatable bonds is 3. The first-order valence-electron chi connectivity index (χ1n) is 6.54. The number of carbonyl (C=O) groups excluding carboxylic acids is 2. The maximum absolute atomic E-state index is 12.3. The molecule has 1 aromatic carbocycles. The summed E-state index contributed by atoms with van der Waals surface area (Å²) in [4.78, 5) is 23.4. The van der Waals surface area contributed by atoms with Crippen molar-refractivity contribution in [3.63, 3.8) is 0 Å². The summed E-state index contributed by atoms with van der Waals surface area (Å²) in [6, 6.07) is 4.68. The second kappa shape index (κ2) is 7.11. The number of piperidine rings is 1. The van der Waals surface area contributed by atoms with Gasteiger partial charge in [-0.15, -0.1) is 12.4 Å². The second-order valence-corrected chi connectivity index (χ2v) is 5.76. The fraction of sp³-hybridized carbons (Fsp3) is 0.429. The minimum Gasteiger partial charge on any atom is -0.366 e. The van der Waals surface area contributed by atoms with Crippen molar-refractivity contribution < 1.29 is 9.59 Å². The van der Waals surface area contributed by atoms with Gasteiger partial charge in [0.15, 0.2) is 0 Å². The maximum Gasteiger partial charge on any atom is 0.250 e. The molecule has 7 heteroatoms. The number of hydrogen-bond donors (Lipinski definition) is 3. The Labute approximate surface area is 135 Å². The van der Waals surface area contributed by atoms with Crippen molar-refractivity contribution in [2.75, 3.05) is 18.4 Å². The maximum atomic E-state index is 12.3. The molecule has 1 fully saturated rings. The minimum absolute atomic E-state index is 0. The van der Waals surface area contributed by atoms with Gasteiger partial charge in [0.2, 0.25) is 11.8 Å². The standard InChI is InChI=1S/C14H18ClN3O2.ClH/c1-14(5-2-6-17-8-14)13(20)18-9-3-4-10(12(16)19)11(15)7-9;/h3-4,7,17H,2,5-6,8H2,1H3,(H2,16,19)(H,18,20);1H. The van der Waals surface area contributed by atoms with Crippen LogP contribution in [0.15, 0.2) is 18.2 Å². The number of nitrogens with one attached hydrogen (secondary N) is 2. The zero-order valence-corrected chi connectivity index (χ0v) is 13.3. The number of carbonyl (C=O) groups is 2. The fourth-order valence-electron chi connectivity index (χ4n) is 2.32. The summed E-state index contributed by atoms with van der Waals surface area (Å²) in [6.45, 7) is 3.54. The smallest absolute Gasteiger partial charge is 0.250 e. The first kappa shape index (κ1) is 17.8. The molecule has 21 heavy (non-hydrogen) atoms. The molecule has 0 bridgehead atoms. The molecule has 1 atom stereocenters. The number of halogens is 2. The van der Waals surface area contributed by atoms with Crippen molar-refractivity contribution in [1.82, 2.24) is 5.32 Å². The lowest BCUT2D eigenvalue weighted by Crippen LogP contribution is -2.46. The number of nitrogens with two attached hydrogens (primary N) is 1. The number of anilines is 1. The SMILES string of the molecule is CC1(C(=O)Nc2ccc(C(N)=O)c(Cl)c2)CCCNC1.Cl. The Morgan fingerprint density at radius 3 is 2.67 bits per heavy atom. The Kier molecular flexibility index (Phi) is 6.01. The molecule has 0 spiro atoms. The first-order valence-corrected chi connectivity index (χ1v) is 6.92. The molecule has 2 rings (SSSR count). The highest BCUT2D eigenvalue weighted by Gasteiger charge is 2.34. The van der Waals surface area contributed by atoms with Gasteiger partial charge in [0.05, 0.1) is 16.0 Å². The number of hydrogen-bond acceptors (Lipinski definition) is 3. The summed E-state index contributed by atoms with van der Waals surface area (Å²) in [6.07, 6.45) is 1.82. The Morgan fingerprint density at radius 2 is 2.14 bits per heavy atom. The Morgan fingerprint density at radius 1 is 1.43 bits per heavy atom. The van der Waals surface area contributed by atoms with Gasteiger partial charge in [-0.2, -0.15) is 0 Å². The summed E-state index contributed by atoms with van der Waals surface area (Å²) in [5, 5.41) is 6.31. The van der Waals surface area contributed by atoms with E-state index in [0.29, 0.717) is 12.2 Å². The van der Waals surface area contributed by atoms with Gasteiger partial charge in [-0.05, 0) is 44.5 Å². The molecule has 1 aliphatic heterocycles. The molecule has 0 saturated carbocycles. The summed E-state index contributed by atoms with van der Waals surface area (Å²) in [7, 11) is 0. The van der Waals surface area contributed by atoms with Crippen molar-refractivity contribution in [3.8, 4) is 0 Å². The van der Waals surface area contributed by atoms with Crippen molar-refractivity contribution in [2.24, 2.45) is 11.1 Å². The fourth-order valence-corrected chi connectivity index (χ4v) is 2.60. The average molecular weight is 332 g/mol. The second-order valence-electron chi connectivity index (χ2n) is 5.35. The van der Waals surface area contributed by atoms with Crippen molar-refractivity contribution in [1.29, 1.82) is 0 Å². The highest BCUT2D eigenvalue weighted by Crippen LogP contribution is 2.28.